The minimum Gasteiger partial charge on any atom is -0.390 e. The van der Waals surface area contributed by atoms with Gasteiger partial charge < -0.3 is 42.1 Å². The summed E-state index contributed by atoms with van der Waals surface area (Å²) >= 11 is 0. The number of benzene rings is 1. The average molecular weight is 711 g/mol. The summed E-state index contributed by atoms with van der Waals surface area (Å²) in [6, 6.07) is 9.30. The van der Waals surface area contributed by atoms with E-state index in [0.717, 1.165) is 31.2 Å². The maximum Gasteiger partial charge on any atom is 0.246 e. The Bertz CT molecular complexity index is 1230. The molecule has 3 amide bonds. The number of rotatable bonds is 12. The molecule has 1 aromatic rings. The Kier molecular flexibility index (Phi) is 17.9. The van der Waals surface area contributed by atoms with Gasteiger partial charge in [0.2, 0.25) is 17.7 Å². The third-order valence-electron chi connectivity index (χ3n) is 11.2. The quantitative estimate of drug-likeness (QED) is 0.121. The van der Waals surface area contributed by atoms with Crippen LogP contribution in [0.2, 0.25) is 0 Å². The van der Waals surface area contributed by atoms with Crippen molar-refractivity contribution in [3.8, 4) is 0 Å². The van der Waals surface area contributed by atoms with Gasteiger partial charge in [-0.1, -0.05) is 43.7 Å². The average Bonchev–Trinajstić information content (AvgIpc) is 3.12. The molecule has 3 saturated heterocycles. The van der Waals surface area contributed by atoms with E-state index in [9.17, 15) is 24.6 Å². The molecular weight excluding hydrogens is 644 g/mol. The van der Waals surface area contributed by atoms with Crippen LogP contribution in [-0.2, 0) is 27.3 Å². The minimum atomic E-state index is -0.862. The Hall–Kier alpha value is -2.83. The van der Waals surface area contributed by atoms with Gasteiger partial charge in [0.05, 0.1) is 12.2 Å². The third kappa shape index (κ3) is 15.8. The number of hydrogen-bond donors (Lipinski definition) is 8. The van der Waals surface area contributed by atoms with Crippen molar-refractivity contribution in [2.24, 2.45) is 23.7 Å². The summed E-state index contributed by atoms with van der Waals surface area (Å²) in [4.78, 5) is 36.2. The van der Waals surface area contributed by atoms with E-state index in [-0.39, 0.29) is 37.4 Å². The van der Waals surface area contributed by atoms with Crippen LogP contribution in [0.4, 0.5) is 0 Å². The summed E-state index contributed by atoms with van der Waals surface area (Å²) in [7, 11) is 0. The second kappa shape index (κ2) is 22.3. The number of aliphatic hydroxyl groups is 2. The summed E-state index contributed by atoms with van der Waals surface area (Å²) in [6.07, 6.45) is 13.0. The van der Waals surface area contributed by atoms with Gasteiger partial charge >= 0.3 is 0 Å². The Balaban J connectivity index is 1.25. The lowest BCUT2D eigenvalue weighted by molar-refractivity contribution is -0.122. The van der Waals surface area contributed by atoms with Crippen LogP contribution in [0.1, 0.15) is 95.1 Å². The van der Waals surface area contributed by atoms with Crippen LogP contribution >= 0.6 is 0 Å². The van der Waals surface area contributed by atoms with Crippen molar-refractivity contribution in [1.29, 1.82) is 0 Å². The van der Waals surface area contributed by atoms with E-state index in [2.05, 4.69) is 62.7 Å². The second-order valence-corrected chi connectivity index (χ2v) is 15.5. The number of amides is 3. The van der Waals surface area contributed by atoms with Crippen LogP contribution in [-0.4, -0.2) is 92.0 Å². The topological polar surface area (TPSA) is 164 Å². The van der Waals surface area contributed by atoms with Gasteiger partial charge in [-0.3, -0.25) is 14.4 Å². The van der Waals surface area contributed by atoms with Crippen LogP contribution < -0.4 is 31.9 Å². The zero-order valence-corrected chi connectivity index (χ0v) is 31.0. The van der Waals surface area contributed by atoms with Gasteiger partial charge in [0.1, 0.15) is 0 Å². The molecule has 3 atom stereocenters. The Labute approximate surface area is 306 Å². The van der Waals surface area contributed by atoms with Crippen LogP contribution in [0.3, 0.4) is 0 Å². The van der Waals surface area contributed by atoms with Gasteiger partial charge in [-0.2, -0.15) is 0 Å². The summed E-state index contributed by atoms with van der Waals surface area (Å²) in [5, 5.41) is 39.2. The summed E-state index contributed by atoms with van der Waals surface area (Å²) in [6.45, 7) is 8.77. The van der Waals surface area contributed by atoms with Crippen molar-refractivity contribution in [2.45, 2.75) is 115 Å². The molecule has 0 spiro atoms. The molecule has 2 saturated carbocycles. The molecule has 51 heavy (non-hydrogen) atoms. The number of hydrogen-bond acceptors (Lipinski definition) is 8. The molecule has 0 radical (unpaired) electrons. The van der Waals surface area contributed by atoms with Gasteiger partial charge in [0.15, 0.2) is 0 Å². The number of fused-ring (bicyclic) bond motifs is 2. The largest absolute Gasteiger partial charge is 0.390 e. The highest BCUT2D eigenvalue weighted by Crippen LogP contribution is 2.40. The molecule has 286 valence electrons. The lowest BCUT2D eigenvalue weighted by Gasteiger charge is -2.37. The molecule has 0 aromatic heterocycles. The lowest BCUT2D eigenvalue weighted by Crippen LogP contribution is -2.40. The van der Waals surface area contributed by atoms with Gasteiger partial charge in [0.25, 0.3) is 0 Å². The van der Waals surface area contributed by atoms with Gasteiger partial charge in [0, 0.05) is 70.3 Å². The molecule has 2 aliphatic carbocycles. The Morgan fingerprint density at radius 1 is 0.941 bits per heavy atom. The summed E-state index contributed by atoms with van der Waals surface area (Å²) < 4.78 is 0. The van der Waals surface area contributed by atoms with E-state index in [1.807, 2.05) is 0 Å². The van der Waals surface area contributed by atoms with E-state index in [1.54, 1.807) is 6.92 Å². The first-order valence-electron chi connectivity index (χ1n) is 19.7. The van der Waals surface area contributed by atoms with Crippen molar-refractivity contribution in [2.75, 3.05) is 45.8 Å². The molecule has 11 nitrogen and oxygen atoms in total. The maximum absolute atomic E-state index is 12.3. The first-order valence-corrected chi connectivity index (χ1v) is 19.7. The predicted molar refractivity (Wildman–Crippen MR) is 202 cm³/mol. The zero-order valence-electron chi connectivity index (χ0n) is 31.0. The normalized spacial score (nSPS) is 27.5. The Morgan fingerprint density at radius 2 is 1.65 bits per heavy atom. The monoisotopic (exact) mass is 711 g/mol. The second-order valence-electron chi connectivity index (χ2n) is 15.5. The smallest absolute Gasteiger partial charge is 0.246 e. The molecule has 4 bridgehead atoms. The third-order valence-corrected chi connectivity index (χ3v) is 11.2. The fourth-order valence-electron chi connectivity index (χ4n) is 8.17. The highest BCUT2D eigenvalue weighted by Gasteiger charge is 2.30. The zero-order chi connectivity index (χ0) is 36.4. The van der Waals surface area contributed by atoms with E-state index in [4.69, 9.17) is 0 Å². The van der Waals surface area contributed by atoms with E-state index in [0.29, 0.717) is 62.5 Å². The predicted octanol–water partition coefficient (Wildman–Crippen LogP) is 2.70. The standard InChI is InChI=1S/C40H66N6O5/c1-28(2)40(51)46-27-37(48)26-45-38(49)15-18-41-23-32-5-3-4-31(21-32)22-34-14-17-42-24-36(47)25-44-39(50)16-19-43-35-12-8-30(9-13-35)20-29-6-10-33(34)11-7-29/h3-5,21,29-30,33-37,41-43,47-48H,1,6-20,22-27H2,2H3,(H,44,50)(H,45,49)(H,46,51). The molecular formula is C40H66N6O5. The molecule has 11 heteroatoms. The van der Waals surface area contributed by atoms with Crippen molar-refractivity contribution in [3.05, 3.63) is 47.5 Å². The van der Waals surface area contributed by atoms with Crippen molar-refractivity contribution < 1.29 is 24.6 Å². The summed E-state index contributed by atoms with van der Waals surface area (Å²) in [5.41, 5.74) is 2.90. The first-order chi connectivity index (χ1) is 24.6. The van der Waals surface area contributed by atoms with Crippen molar-refractivity contribution in [3.63, 3.8) is 0 Å². The van der Waals surface area contributed by atoms with Crippen LogP contribution in [0.5, 0.6) is 0 Å². The molecule has 8 N–H and O–H groups in total. The van der Waals surface area contributed by atoms with Gasteiger partial charge in [-0.05, 0) is 106 Å². The van der Waals surface area contributed by atoms with Crippen molar-refractivity contribution >= 4 is 17.7 Å². The first kappa shape index (κ1) is 40.9. The molecule has 5 aliphatic rings. The fraction of sp³-hybridized carbons (Fsp3) is 0.725. The van der Waals surface area contributed by atoms with Gasteiger partial charge in [-0.25, -0.2) is 0 Å². The fourth-order valence-corrected chi connectivity index (χ4v) is 8.17. The summed E-state index contributed by atoms with van der Waals surface area (Å²) in [5.74, 6) is 2.47. The van der Waals surface area contributed by atoms with E-state index >= 15 is 0 Å². The SMILES string of the molecule is C=C(C)C(=O)NCC(O)CNC(=O)CCNCc1cccc(CC2CCNCC(O)CNC(=O)CCNC3CCC(CC3)CC3CCC2CC3)c1. The maximum atomic E-state index is 12.3. The van der Waals surface area contributed by atoms with Crippen LogP contribution in [0, 0.1) is 23.7 Å². The number of carbonyl (C=O) groups excluding carboxylic acids is 3. The van der Waals surface area contributed by atoms with Crippen molar-refractivity contribution in [1.82, 2.24) is 31.9 Å². The molecule has 6 rings (SSSR count). The van der Waals surface area contributed by atoms with E-state index < -0.39 is 12.2 Å². The number of carbonyl (C=O) groups is 3. The molecule has 3 aliphatic heterocycles. The van der Waals surface area contributed by atoms with Gasteiger partial charge in [-0.15, -0.1) is 0 Å². The van der Waals surface area contributed by atoms with Crippen LogP contribution in [0.15, 0.2) is 36.4 Å². The molecule has 3 unspecified atom stereocenters. The highest BCUT2D eigenvalue weighted by atomic mass is 16.3. The number of aliphatic hydroxyl groups excluding tert-OH is 2. The molecule has 1 aromatic carbocycles. The Morgan fingerprint density at radius 3 is 2.39 bits per heavy atom. The van der Waals surface area contributed by atoms with E-state index in [1.165, 1.54) is 68.9 Å². The van der Waals surface area contributed by atoms with Crippen LogP contribution in [0.25, 0.3) is 0 Å². The molecule has 5 fully saturated rings. The lowest BCUT2D eigenvalue weighted by atomic mass is 9.70. The minimum absolute atomic E-state index is 0.00376. The molecule has 3 heterocycles. The number of nitrogens with one attached hydrogen (secondary N) is 6. The highest BCUT2D eigenvalue weighted by molar-refractivity contribution is 5.92.